The Morgan fingerprint density at radius 1 is 0.739 bits per heavy atom. The zero-order valence-corrected chi connectivity index (χ0v) is 12.3. The third-order valence-electron chi connectivity index (χ3n) is 3.80. The van der Waals surface area contributed by atoms with Crippen LogP contribution in [0.4, 0.5) is 5.69 Å². The van der Waals surface area contributed by atoms with Gasteiger partial charge in [0.1, 0.15) is 5.69 Å². The van der Waals surface area contributed by atoms with Crippen molar-refractivity contribution in [1.29, 1.82) is 0 Å². The van der Waals surface area contributed by atoms with Gasteiger partial charge in [0.25, 0.3) is 0 Å². The minimum Gasteiger partial charge on any atom is -0.396 e. The number of rotatable bonds is 2. The number of hydrogen-bond acceptors (Lipinski definition) is 4. The van der Waals surface area contributed by atoms with E-state index in [2.05, 4.69) is 15.2 Å². The fourth-order valence-electron chi connectivity index (χ4n) is 2.65. The van der Waals surface area contributed by atoms with Crippen molar-refractivity contribution in [2.75, 3.05) is 5.73 Å². The molecule has 4 heteroatoms. The molecule has 0 saturated heterocycles. The molecule has 110 valence electrons. The van der Waals surface area contributed by atoms with E-state index in [1.165, 1.54) is 0 Å². The molecule has 0 unspecified atom stereocenters. The fourth-order valence-corrected chi connectivity index (χ4v) is 2.65. The van der Waals surface area contributed by atoms with E-state index in [0.717, 1.165) is 27.7 Å². The largest absolute Gasteiger partial charge is 0.396 e. The summed E-state index contributed by atoms with van der Waals surface area (Å²) in [4.78, 5) is 4.39. The van der Waals surface area contributed by atoms with Gasteiger partial charge in [-0.25, -0.2) is 0 Å². The number of anilines is 1. The monoisotopic (exact) mass is 298 g/mol. The summed E-state index contributed by atoms with van der Waals surface area (Å²) in [5, 5.41) is 9.51. The van der Waals surface area contributed by atoms with Crippen molar-refractivity contribution < 1.29 is 0 Å². The molecule has 2 aromatic heterocycles. The first kappa shape index (κ1) is 13.4. The number of hydrogen-bond donors (Lipinski definition) is 1. The zero-order valence-electron chi connectivity index (χ0n) is 12.3. The van der Waals surface area contributed by atoms with Gasteiger partial charge in [0.2, 0.25) is 0 Å². The normalized spacial score (nSPS) is 10.8. The van der Waals surface area contributed by atoms with Gasteiger partial charge in [0.05, 0.1) is 16.9 Å². The second-order valence-corrected chi connectivity index (χ2v) is 5.28. The fraction of sp³-hybridized carbons (Fsp3) is 0. The maximum absolute atomic E-state index is 6.32. The van der Waals surface area contributed by atoms with Crippen molar-refractivity contribution in [3.8, 4) is 22.5 Å². The highest BCUT2D eigenvalue weighted by atomic mass is 15.1. The third kappa shape index (κ3) is 2.40. The Balaban J connectivity index is 1.87. The molecule has 23 heavy (non-hydrogen) atoms. The Bertz CT molecular complexity index is 981. The Morgan fingerprint density at radius 2 is 1.57 bits per heavy atom. The number of aromatic nitrogens is 3. The lowest BCUT2D eigenvalue weighted by molar-refractivity contribution is 1.08. The van der Waals surface area contributed by atoms with Gasteiger partial charge in [-0.1, -0.05) is 42.5 Å². The van der Waals surface area contributed by atoms with Crippen molar-refractivity contribution in [1.82, 2.24) is 15.2 Å². The van der Waals surface area contributed by atoms with Gasteiger partial charge in [-0.15, -0.1) is 10.2 Å². The molecule has 0 bridgehead atoms. The smallest absolute Gasteiger partial charge is 0.116 e. The molecule has 2 aromatic carbocycles. The van der Waals surface area contributed by atoms with E-state index in [0.29, 0.717) is 11.4 Å². The Hall–Kier alpha value is -3.27. The van der Waals surface area contributed by atoms with Crippen molar-refractivity contribution in [3.63, 3.8) is 0 Å². The standard InChI is InChI=1S/C19H14N4/c20-18-15-8-1-2-10-17(15)22-23-19(18)14-7-5-6-13(12-14)16-9-3-4-11-21-16/h1-12H,(H2,20,22). The number of pyridine rings is 1. The highest BCUT2D eigenvalue weighted by molar-refractivity contribution is 5.96. The summed E-state index contributed by atoms with van der Waals surface area (Å²) in [7, 11) is 0. The first-order valence-electron chi connectivity index (χ1n) is 7.36. The van der Waals surface area contributed by atoms with Crippen LogP contribution in [0.5, 0.6) is 0 Å². The van der Waals surface area contributed by atoms with Crippen LogP contribution >= 0.6 is 0 Å². The van der Waals surface area contributed by atoms with E-state index >= 15 is 0 Å². The van der Waals surface area contributed by atoms with Crippen LogP contribution in [-0.4, -0.2) is 15.2 Å². The van der Waals surface area contributed by atoms with E-state index in [-0.39, 0.29) is 0 Å². The van der Waals surface area contributed by atoms with Crippen LogP contribution in [-0.2, 0) is 0 Å². The van der Waals surface area contributed by atoms with Gasteiger partial charge in [-0.3, -0.25) is 4.98 Å². The highest BCUT2D eigenvalue weighted by Gasteiger charge is 2.10. The lowest BCUT2D eigenvalue weighted by atomic mass is 10.0. The molecule has 0 atom stereocenters. The average Bonchev–Trinajstić information content (AvgIpc) is 2.63. The second-order valence-electron chi connectivity index (χ2n) is 5.28. The molecule has 0 aliphatic rings. The van der Waals surface area contributed by atoms with E-state index in [1.807, 2.05) is 66.7 Å². The van der Waals surface area contributed by atoms with Gasteiger partial charge >= 0.3 is 0 Å². The summed E-state index contributed by atoms with van der Waals surface area (Å²) in [5.41, 5.74) is 11.3. The number of fused-ring (bicyclic) bond motifs is 1. The van der Waals surface area contributed by atoms with Crippen molar-refractivity contribution >= 4 is 16.6 Å². The number of nitrogens with two attached hydrogens (primary N) is 1. The van der Waals surface area contributed by atoms with Crippen LogP contribution in [0.15, 0.2) is 72.9 Å². The Morgan fingerprint density at radius 3 is 2.43 bits per heavy atom. The molecule has 0 aliphatic carbocycles. The summed E-state index contributed by atoms with van der Waals surface area (Å²) in [6.07, 6.45) is 1.78. The molecule has 2 N–H and O–H groups in total. The first-order valence-corrected chi connectivity index (χ1v) is 7.36. The van der Waals surface area contributed by atoms with Gasteiger partial charge in [-0.2, -0.15) is 0 Å². The third-order valence-corrected chi connectivity index (χ3v) is 3.80. The zero-order chi connectivity index (χ0) is 15.6. The van der Waals surface area contributed by atoms with Crippen LogP contribution in [0.1, 0.15) is 0 Å². The van der Waals surface area contributed by atoms with Gasteiger partial charge in [0.15, 0.2) is 0 Å². The molecule has 4 aromatic rings. The lowest BCUT2D eigenvalue weighted by Crippen LogP contribution is -1.98. The van der Waals surface area contributed by atoms with Crippen molar-refractivity contribution in [2.45, 2.75) is 0 Å². The molecule has 0 aliphatic heterocycles. The average molecular weight is 298 g/mol. The summed E-state index contributed by atoms with van der Waals surface area (Å²) in [6.45, 7) is 0. The van der Waals surface area contributed by atoms with E-state index < -0.39 is 0 Å². The van der Waals surface area contributed by atoms with Crippen LogP contribution in [0.25, 0.3) is 33.4 Å². The predicted octanol–water partition coefficient (Wildman–Crippen LogP) is 3.94. The summed E-state index contributed by atoms with van der Waals surface area (Å²) in [6, 6.07) is 21.6. The molecule has 0 spiro atoms. The number of nitrogen functional groups attached to an aromatic ring is 1. The molecule has 4 nitrogen and oxygen atoms in total. The first-order chi connectivity index (χ1) is 11.3. The van der Waals surface area contributed by atoms with Crippen molar-refractivity contribution in [3.05, 3.63) is 72.9 Å². The van der Waals surface area contributed by atoms with Gasteiger partial charge in [0, 0.05) is 22.7 Å². The quantitative estimate of drug-likeness (QED) is 0.608. The molecular formula is C19H14N4. The predicted molar refractivity (Wildman–Crippen MR) is 92.6 cm³/mol. The summed E-state index contributed by atoms with van der Waals surface area (Å²) >= 11 is 0. The van der Waals surface area contributed by atoms with Crippen LogP contribution in [0.3, 0.4) is 0 Å². The molecule has 0 saturated carbocycles. The Labute approximate surface area is 133 Å². The SMILES string of the molecule is Nc1c(-c2cccc(-c3ccccn3)c2)nnc2ccccc12. The van der Waals surface area contributed by atoms with E-state index in [9.17, 15) is 0 Å². The van der Waals surface area contributed by atoms with E-state index in [1.54, 1.807) is 6.20 Å². The second kappa shape index (κ2) is 5.50. The van der Waals surface area contributed by atoms with Crippen LogP contribution in [0, 0.1) is 0 Å². The summed E-state index contributed by atoms with van der Waals surface area (Å²) in [5.74, 6) is 0. The molecule has 4 rings (SSSR count). The molecule has 0 radical (unpaired) electrons. The number of benzene rings is 2. The van der Waals surface area contributed by atoms with Gasteiger partial charge < -0.3 is 5.73 Å². The maximum Gasteiger partial charge on any atom is 0.116 e. The minimum atomic E-state index is 0.647. The van der Waals surface area contributed by atoms with E-state index in [4.69, 9.17) is 5.73 Å². The molecule has 0 fully saturated rings. The van der Waals surface area contributed by atoms with Crippen LogP contribution in [0.2, 0.25) is 0 Å². The lowest BCUT2D eigenvalue weighted by Gasteiger charge is -2.08. The highest BCUT2D eigenvalue weighted by Crippen LogP contribution is 2.31. The molecular weight excluding hydrogens is 284 g/mol. The van der Waals surface area contributed by atoms with Gasteiger partial charge in [-0.05, 0) is 24.3 Å². The van der Waals surface area contributed by atoms with Crippen molar-refractivity contribution in [2.24, 2.45) is 0 Å². The number of nitrogens with zero attached hydrogens (tertiary/aromatic N) is 3. The topological polar surface area (TPSA) is 64.7 Å². The van der Waals surface area contributed by atoms with Crippen LogP contribution < -0.4 is 5.73 Å². The Kier molecular flexibility index (Phi) is 3.20. The molecule has 2 heterocycles. The minimum absolute atomic E-state index is 0.647. The molecule has 0 amide bonds. The summed E-state index contributed by atoms with van der Waals surface area (Å²) < 4.78 is 0. The maximum atomic E-state index is 6.32.